The number of carboxylic acid groups (broad SMARTS) is 1. The summed E-state index contributed by atoms with van der Waals surface area (Å²) in [6, 6.07) is 8.03. The molecule has 2 atom stereocenters. The van der Waals surface area contributed by atoms with Crippen molar-refractivity contribution in [2.75, 3.05) is 6.61 Å². The fourth-order valence-corrected chi connectivity index (χ4v) is 1.56. The third-order valence-electron chi connectivity index (χ3n) is 2.91. The molecule has 0 saturated carbocycles. The summed E-state index contributed by atoms with van der Waals surface area (Å²) in [5, 5.41) is 11.5. The molecule has 0 saturated heterocycles. The van der Waals surface area contributed by atoms with Gasteiger partial charge in [-0.3, -0.25) is 4.79 Å². The molecule has 1 aromatic rings. The maximum Gasteiger partial charge on any atom is 0.326 e. The Morgan fingerprint density at radius 1 is 1.32 bits per heavy atom. The van der Waals surface area contributed by atoms with E-state index in [0.29, 0.717) is 12.2 Å². The number of hydrogen-bond donors (Lipinski definition) is 2. The minimum atomic E-state index is -1.03. The average molecular weight is 265 g/mol. The van der Waals surface area contributed by atoms with Crippen molar-refractivity contribution in [3.05, 3.63) is 30.3 Å². The molecule has 5 nitrogen and oxygen atoms in total. The molecule has 0 aliphatic carbocycles. The molecule has 0 aromatic heterocycles. The summed E-state index contributed by atoms with van der Waals surface area (Å²) in [5.41, 5.74) is 0. The third-order valence-corrected chi connectivity index (χ3v) is 2.91. The van der Waals surface area contributed by atoms with Gasteiger partial charge in [-0.15, -0.1) is 0 Å². The van der Waals surface area contributed by atoms with Crippen molar-refractivity contribution in [2.24, 2.45) is 5.92 Å². The summed E-state index contributed by atoms with van der Waals surface area (Å²) in [7, 11) is 0. The largest absolute Gasteiger partial charge is 0.484 e. The summed E-state index contributed by atoms with van der Waals surface area (Å²) in [6.07, 6.45) is 0.677. The molecular formula is C14H19NO4. The Morgan fingerprint density at radius 2 is 1.95 bits per heavy atom. The van der Waals surface area contributed by atoms with Crippen LogP contribution in [0.4, 0.5) is 0 Å². The average Bonchev–Trinajstić information content (AvgIpc) is 2.42. The molecule has 19 heavy (non-hydrogen) atoms. The van der Waals surface area contributed by atoms with Gasteiger partial charge in [0.15, 0.2) is 6.61 Å². The fraction of sp³-hybridized carbons (Fsp3) is 0.429. The predicted molar refractivity (Wildman–Crippen MR) is 71.0 cm³/mol. The minimum absolute atomic E-state index is 0.127. The Bertz CT molecular complexity index is 419. The molecule has 1 rings (SSSR count). The molecule has 5 heteroatoms. The Balaban J connectivity index is 2.47. The number of para-hydroxylation sites is 1. The molecule has 0 aliphatic heterocycles. The highest BCUT2D eigenvalue weighted by Gasteiger charge is 2.25. The Kier molecular flexibility index (Phi) is 5.85. The second kappa shape index (κ2) is 7.41. The quantitative estimate of drug-likeness (QED) is 0.786. The number of amides is 1. The number of ether oxygens (including phenoxy) is 1. The number of aliphatic carboxylic acids is 1. The number of rotatable bonds is 7. The standard InChI is InChI=1S/C14H19NO4/c1-3-10(2)13(14(17)18)15-12(16)9-19-11-7-5-4-6-8-11/h4-8,10,13H,3,9H2,1-2H3,(H,15,16)(H,17,18)/t10?,13-/m0/s1. The zero-order valence-electron chi connectivity index (χ0n) is 11.1. The van der Waals surface area contributed by atoms with Crippen molar-refractivity contribution in [1.82, 2.24) is 5.32 Å². The molecule has 0 aliphatic rings. The monoisotopic (exact) mass is 265 g/mol. The SMILES string of the molecule is CCC(C)[C@H](NC(=O)COc1ccccc1)C(=O)O. The van der Waals surface area contributed by atoms with E-state index in [0.717, 1.165) is 0 Å². The summed E-state index contributed by atoms with van der Waals surface area (Å²) < 4.78 is 5.26. The van der Waals surface area contributed by atoms with Crippen molar-refractivity contribution in [3.63, 3.8) is 0 Å². The van der Waals surface area contributed by atoms with E-state index in [9.17, 15) is 9.59 Å². The highest BCUT2D eigenvalue weighted by atomic mass is 16.5. The van der Waals surface area contributed by atoms with E-state index in [1.54, 1.807) is 31.2 Å². The highest BCUT2D eigenvalue weighted by molar-refractivity contribution is 5.84. The van der Waals surface area contributed by atoms with Crippen LogP contribution in [0.5, 0.6) is 5.75 Å². The summed E-state index contributed by atoms with van der Waals surface area (Å²) >= 11 is 0. The van der Waals surface area contributed by atoms with Gasteiger partial charge in [-0.1, -0.05) is 38.5 Å². The molecule has 1 aromatic carbocycles. The maximum absolute atomic E-state index is 11.7. The zero-order valence-corrected chi connectivity index (χ0v) is 11.1. The van der Waals surface area contributed by atoms with Crippen LogP contribution in [0.25, 0.3) is 0 Å². The Hall–Kier alpha value is -2.04. The van der Waals surface area contributed by atoms with Crippen molar-refractivity contribution in [1.29, 1.82) is 0 Å². The number of hydrogen-bond acceptors (Lipinski definition) is 3. The summed E-state index contributed by atoms with van der Waals surface area (Å²) in [6.45, 7) is 3.48. The first-order valence-electron chi connectivity index (χ1n) is 6.24. The lowest BCUT2D eigenvalue weighted by atomic mass is 9.99. The number of benzene rings is 1. The van der Waals surface area contributed by atoms with E-state index in [-0.39, 0.29) is 12.5 Å². The van der Waals surface area contributed by atoms with Gasteiger partial charge < -0.3 is 15.2 Å². The van der Waals surface area contributed by atoms with Crippen LogP contribution in [0.3, 0.4) is 0 Å². The van der Waals surface area contributed by atoms with Crippen molar-refractivity contribution in [2.45, 2.75) is 26.3 Å². The van der Waals surface area contributed by atoms with Crippen LogP contribution in [0.15, 0.2) is 30.3 Å². The van der Waals surface area contributed by atoms with Gasteiger partial charge in [0.1, 0.15) is 11.8 Å². The van der Waals surface area contributed by atoms with Gasteiger partial charge in [0.25, 0.3) is 5.91 Å². The summed E-state index contributed by atoms with van der Waals surface area (Å²) in [4.78, 5) is 22.7. The van der Waals surface area contributed by atoms with E-state index in [2.05, 4.69) is 5.32 Å². The Morgan fingerprint density at radius 3 is 2.47 bits per heavy atom. The first kappa shape index (κ1) is 15.0. The van der Waals surface area contributed by atoms with E-state index >= 15 is 0 Å². The lowest BCUT2D eigenvalue weighted by Gasteiger charge is -2.20. The number of nitrogens with one attached hydrogen (secondary N) is 1. The molecule has 0 spiro atoms. The zero-order chi connectivity index (χ0) is 14.3. The van der Waals surface area contributed by atoms with Crippen LogP contribution in [0.1, 0.15) is 20.3 Å². The van der Waals surface area contributed by atoms with Crippen LogP contribution < -0.4 is 10.1 Å². The molecule has 0 fully saturated rings. The minimum Gasteiger partial charge on any atom is -0.484 e. The van der Waals surface area contributed by atoms with Gasteiger partial charge >= 0.3 is 5.97 Å². The van der Waals surface area contributed by atoms with Crippen LogP contribution in [0.2, 0.25) is 0 Å². The first-order chi connectivity index (χ1) is 9.04. The van der Waals surface area contributed by atoms with Gasteiger partial charge in [-0.25, -0.2) is 4.79 Å². The van der Waals surface area contributed by atoms with Gasteiger partial charge in [-0.05, 0) is 18.1 Å². The lowest BCUT2D eigenvalue weighted by molar-refractivity contribution is -0.143. The van der Waals surface area contributed by atoms with Crippen molar-refractivity contribution >= 4 is 11.9 Å². The fourth-order valence-electron chi connectivity index (χ4n) is 1.56. The molecule has 0 radical (unpaired) electrons. The van der Waals surface area contributed by atoms with Crippen LogP contribution in [0, 0.1) is 5.92 Å². The molecule has 0 heterocycles. The lowest BCUT2D eigenvalue weighted by Crippen LogP contribution is -2.46. The smallest absolute Gasteiger partial charge is 0.326 e. The van der Waals surface area contributed by atoms with E-state index in [4.69, 9.17) is 9.84 Å². The van der Waals surface area contributed by atoms with Gasteiger partial charge in [0.2, 0.25) is 0 Å². The second-order valence-electron chi connectivity index (χ2n) is 4.37. The molecular weight excluding hydrogens is 246 g/mol. The molecule has 2 N–H and O–H groups in total. The molecule has 0 bridgehead atoms. The molecule has 1 unspecified atom stereocenters. The van der Waals surface area contributed by atoms with Crippen LogP contribution in [-0.2, 0) is 9.59 Å². The summed E-state index contributed by atoms with van der Waals surface area (Å²) in [5.74, 6) is -1.01. The number of carboxylic acids is 1. The topological polar surface area (TPSA) is 75.6 Å². The molecule has 1 amide bonds. The molecule has 104 valence electrons. The Labute approximate surface area is 112 Å². The van der Waals surface area contributed by atoms with Crippen LogP contribution >= 0.6 is 0 Å². The normalized spacial score (nSPS) is 13.4. The van der Waals surface area contributed by atoms with Gasteiger partial charge in [-0.2, -0.15) is 0 Å². The predicted octanol–water partition coefficient (Wildman–Crippen LogP) is 1.68. The third kappa shape index (κ3) is 4.99. The number of carbonyl (C=O) groups excluding carboxylic acids is 1. The van der Waals surface area contributed by atoms with E-state index in [1.807, 2.05) is 13.0 Å². The van der Waals surface area contributed by atoms with Gasteiger partial charge in [0, 0.05) is 0 Å². The van der Waals surface area contributed by atoms with Gasteiger partial charge in [0.05, 0.1) is 0 Å². The van der Waals surface area contributed by atoms with Crippen molar-refractivity contribution in [3.8, 4) is 5.75 Å². The van der Waals surface area contributed by atoms with E-state index in [1.165, 1.54) is 0 Å². The highest BCUT2D eigenvalue weighted by Crippen LogP contribution is 2.09. The van der Waals surface area contributed by atoms with Crippen molar-refractivity contribution < 1.29 is 19.4 Å². The second-order valence-corrected chi connectivity index (χ2v) is 4.37. The van der Waals surface area contributed by atoms with E-state index < -0.39 is 17.9 Å². The number of carbonyl (C=O) groups is 2. The van der Waals surface area contributed by atoms with Crippen LogP contribution in [-0.4, -0.2) is 29.6 Å². The first-order valence-corrected chi connectivity index (χ1v) is 6.24. The maximum atomic E-state index is 11.7.